The fourth-order valence-corrected chi connectivity index (χ4v) is 3.76. The van der Waals surface area contributed by atoms with Crippen molar-refractivity contribution in [2.45, 2.75) is 26.2 Å². The molecule has 1 N–H and O–H groups in total. The van der Waals surface area contributed by atoms with Crippen LogP contribution in [0.4, 0.5) is 15.8 Å². The number of benzene rings is 3. The number of carbonyl (C=O) groups excluding carboxylic acids is 2. The standard InChI is InChI=1S/C29H29FN2O4/c1-29(2,3)21-7-12-24(13-8-21)35-17-16-32-25-18-23(11-14-26(25)36-19-28(32)34)31-27(33)15-6-20-4-9-22(30)10-5-20/h4-15,18H,16-17,19H2,1-3H3,(H,31,33)/b15-6+. The Morgan fingerprint density at radius 2 is 1.81 bits per heavy atom. The number of ether oxygens (including phenoxy) is 2. The van der Waals surface area contributed by atoms with Gasteiger partial charge in [-0.25, -0.2) is 4.39 Å². The summed E-state index contributed by atoms with van der Waals surface area (Å²) in [5.41, 5.74) is 3.07. The number of halogens is 1. The van der Waals surface area contributed by atoms with Gasteiger partial charge in [0.25, 0.3) is 5.91 Å². The third kappa shape index (κ3) is 6.30. The second-order valence-corrected chi connectivity index (χ2v) is 9.51. The first-order chi connectivity index (χ1) is 17.2. The van der Waals surface area contributed by atoms with E-state index in [-0.39, 0.29) is 29.7 Å². The monoisotopic (exact) mass is 488 g/mol. The van der Waals surface area contributed by atoms with Gasteiger partial charge in [0.1, 0.15) is 23.9 Å². The average Bonchev–Trinajstić information content (AvgIpc) is 2.85. The molecule has 7 heteroatoms. The Morgan fingerprint density at radius 1 is 1.08 bits per heavy atom. The number of nitrogens with zero attached hydrogens (tertiary/aromatic N) is 1. The van der Waals surface area contributed by atoms with E-state index >= 15 is 0 Å². The maximum atomic E-state index is 13.0. The van der Waals surface area contributed by atoms with E-state index in [4.69, 9.17) is 9.47 Å². The van der Waals surface area contributed by atoms with Crippen molar-refractivity contribution in [1.82, 2.24) is 0 Å². The molecule has 1 heterocycles. The van der Waals surface area contributed by atoms with E-state index in [9.17, 15) is 14.0 Å². The largest absolute Gasteiger partial charge is 0.492 e. The van der Waals surface area contributed by atoms with Crippen LogP contribution >= 0.6 is 0 Å². The van der Waals surface area contributed by atoms with Gasteiger partial charge in [-0.2, -0.15) is 0 Å². The molecule has 0 spiro atoms. The Balaban J connectivity index is 1.40. The quantitative estimate of drug-likeness (QED) is 0.441. The van der Waals surface area contributed by atoms with Gasteiger partial charge in [0.15, 0.2) is 6.61 Å². The van der Waals surface area contributed by atoms with E-state index in [0.717, 1.165) is 5.75 Å². The van der Waals surface area contributed by atoms with Crippen molar-refractivity contribution >= 4 is 29.3 Å². The van der Waals surface area contributed by atoms with Crippen molar-refractivity contribution in [2.24, 2.45) is 0 Å². The number of hydrogen-bond acceptors (Lipinski definition) is 4. The van der Waals surface area contributed by atoms with Crippen LogP contribution in [0.1, 0.15) is 31.9 Å². The zero-order chi connectivity index (χ0) is 25.7. The molecule has 0 saturated carbocycles. The summed E-state index contributed by atoms with van der Waals surface area (Å²) in [5, 5.41) is 2.78. The molecule has 0 saturated heterocycles. The number of hydrogen-bond donors (Lipinski definition) is 1. The second kappa shape index (κ2) is 10.6. The van der Waals surface area contributed by atoms with Crippen molar-refractivity contribution in [3.05, 3.63) is 89.8 Å². The van der Waals surface area contributed by atoms with Gasteiger partial charge in [-0.3, -0.25) is 9.59 Å². The van der Waals surface area contributed by atoms with Crippen LogP contribution in [0.25, 0.3) is 6.08 Å². The highest BCUT2D eigenvalue weighted by Gasteiger charge is 2.26. The predicted molar refractivity (Wildman–Crippen MR) is 139 cm³/mol. The lowest BCUT2D eigenvalue weighted by Gasteiger charge is -2.29. The molecule has 186 valence electrons. The van der Waals surface area contributed by atoms with Gasteiger partial charge in [-0.05, 0) is 65.1 Å². The van der Waals surface area contributed by atoms with Crippen molar-refractivity contribution in [3.63, 3.8) is 0 Å². The maximum absolute atomic E-state index is 13.0. The minimum Gasteiger partial charge on any atom is -0.492 e. The van der Waals surface area contributed by atoms with Crippen LogP contribution < -0.4 is 19.7 Å². The molecule has 4 rings (SSSR count). The van der Waals surface area contributed by atoms with Crippen molar-refractivity contribution in [2.75, 3.05) is 30.0 Å². The topological polar surface area (TPSA) is 67.9 Å². The highest BCUT2D eigenvalue weighted by Crippen LogP contribution is 2.34. The van der Waals surface area contributed by atoms with Crippen LogP contribution in [0.5, 0.6) is 11.5 Å². The van der Waals surface area contributed by atoms with Crippen molar-refractivity contribution < 1.29 is 23.5 Å². The Morgan fingerprint density at radius 3 is 2.50 bits per heavy atom. The Bertz CT molecular complexity index is 1260. The van der Waals surface area contributed by atoms with Crippen LogP contribution in [0, 0.1) is 5.82 Å². The first kappa shape index (κ1) is 25.0. The van der Waals surface area contributed by atoms with E-state index in [1.54, 1.807) is 41.3 Å². The maximum Gasteiger partial charge on any atom is 0.265 e. The summed E-state index contributed by atoms with van der Waals surface area (Å²) in [6.07, 6.45) is 2.96. The normalized spacial score (nSPS) is 13.3. The lowest BCUT2D eigenvalue weighted by atomic mass is 9.87. The van der Waals surface area contributed by atoms with Gasteiger partial charge in [0.2, 0.25) is 5.91 Å². The molecule has 1 aliphatic heterocycles. The lowest BCUT2D eigenvalue weighted by Crippen LogP contribution is -2.41. The average molecular weight is 489 g/mol. The highest BCUT2D eigenvalue weighted by molar-refractivity contribution is 6.03. The molecule has 0 unspecified atom stereocenters. The molecule has 0 aromatic heterocycles. The molecular formula is C29H29FN2O4. The molecular weight excluding hydrogens is 459 g/mol. The number of amides is 2. The SMILES string of the molecule is CC(C)(C)c1ccc(OCCN2C(=O)COc3ccc(NC(=O)/C=C/c4ccc(F)cc4)cc32)cc1. The van der Waals surface area contributed by atoms with Gasteiger partial charge in [0.05, 0.1) is 12.2 Å². The molecule has 0 aliphatic carbocycles. The van der Waals surface area contributed by atoms with E-state index in [2.05, 4.69) is 26.1 Å². The Hall–Kier alpha value is -4.13. The first-order valence-corrected chi connectivity index (χ1v) is 11.7. The van der Waals surface area contributed by atoms with Crippen LogP contribution in [-0.2, 0) is 15.0 Å². The summed E-state index contributed by atoms with van der Waals surface area (Å²) >= 11 is 0. The highest BCUT2D eigenvalue weighted by atomic mass is 19.1. The summed E-state index contributed by atoms with van der Waals surface area (Å²) in [6, 6.07) is 18.9. The number of carbonyl (C=O) groups is 2. The molecule has 6 nitrogen and oxygen atoms in total. The summed E-state index contributed by atoms with van der Waals surface area (Å²) in [5.74, 6) is 0.419. The second-order valence-electron chi connectivity index (χ2n) is 9.51. The van der Waals surface area contributed by atoms with Crippen molar-refractivity contribution in [3.8, 4) is 11.5 Å². The number of nitrogens with one attached hydrogen (secondary N) is 1. The molecule has 3 aromatic rings. The summed E-state index contributed by atoms with van der Waals surface area (Å²) < 4.78 is 24.5. The molecule has 1 aliphatic rings. The first-order valence-electron chi connectivity index (χ1n) is 11.7. The van der Waals surface area contributed by atoms with Crippen molar-refractivity contribution in [1.29, 1.82) is 0 Å². The Kier molecular flexibility index (Phi) is 7.38. The molecule has 0 bridgehead atoms. The van der Waals surface area contributed by atoms with Gasteiger partial charge < -0.3 is 19.7 Å². The zero-order valence-corrected chi connectivity index (χ0v) is 20.6. The summed E-state index contributed by atoms with van der Waals surface area (Å²) in [4.78, 5) is 26.6. The van der Waals surface area contributed by atoms with Gasteiger partial charge >= 0.3 is 0 Å². The molecule has 0 radical (unpaired) electrons. The van der Waals surface area contributed by atoms with Crippen LogP contribution in [-0.4, -0.2) is 31.6 Å². The minimum absolute atomic E-state index is 0.0562. The predicted octanol–water partition coefficient (Wildman–Crippen LogP) is 5.58. The number of fused-ring (bicyclic) bond motifs is 1. The molecule has 0 atom stereocenters. The van der Waals surface area contributed by atoms with E-state index in [1.807, 2.05) is 24.3 Å². The third-order valence-electron chi connectivity index (χ3n) is 5.77. The van der Waals surface area contributed by atoms with Gasteiger partial charge in [-0.15, -0.1) is 0 Å². The zero-order valence-electron chi connectivity index (χ0n) is 20.6. The minimum atomic E-state index is -0.351. The van der Waals surface area contributed by atoms with E-state index in [0.29, 0.717) is 35.8 Å². The molecule has 3 aromatic carbocycles. The van der Waals surface area contributed by atoms with E-state index < -0.39 is 0 Å². The Labute approximate surface area is 210 Å². The summed E-state index contributed by atoms with van der Waals surface area (Å²) in [7, 11) is 0. The van der Waals surface area contributed by atoms with E-state index in [1.165, 1.54) is 23.8 Å². The summed E-state index contributed by atoms with van der Waals surface area (Å²) in [6.45, 7) is 7.04. The number of rotatable bonds is 7. The molecule has 0 fully saturated rings. The molecule has 36 heavy (non-hydrogen) atoms. The fraction of sp³-hybridized carbons (Fsp3) is 0.241. The van der Waals surface area contributed by atoms with Crippen LogP contribution in [0.3, 0.4) is 0 Å². The number of anilines is 2. The van der Waals surface area contributed by atoms with Gasteiger partial charge in [-0.1, -0.05) is 45.0 Å². The van der Waals surface area contributed by atoms with Gasteiger partial charge in [0, 0.05) is 11.8 Å². The lowest BCUT2D eigenvalue weighted by molar-refractivity contribution is -0.121. The van der Waals surface area contributed by atoms with Crippen LogP contribution in [0.15, 0.2) is 72.8 Å². The van der Waals surface area contributed by atoms with Crippen LogP contribution in [0.2, 0.25) is 0 Å². The smallest absolute Gasteiger partial charge is 0.265 e. The fourth-order valence-electron chi connectivity index (χ4n) is 3.76. The molecule has 2 amide bonds. The third-order valence-corrected chi connectivity index (χ3v) is 5.77.